The van der Waals surface area contributed by atoms with E-state index in [1.165, 1.54) is 0 Å². The third-order valence-corrected chi connectivity index (χ3v) is 6.45. The highest BCUT2D eigenvalue weighted by Gasteiger charge is 2.33. The average molecular weight is 339 g/mol. The number of sulfone groups is 1. The van der Waals surface area contributed by atoms with Crippen LogP contribution in [0.1, 0.15) is 13.3 Å². The normalized spacial score (nSPS) is 24.8. The van der Waals surface area contributed by atoms with Crippen LogP contribution in [0.5, 0.6) is 0 Å². The van der Waals surface area contributed by atoms with E-state index in [9.17, 15) is 8.42 Å². The van der Waals surface area contributed by atoms with Gasteiger partial charge in [-0.2, -0.15) is 4.98 Å². The number of hydrogen-bond donors (Lipinski definition) is 0. The van der Waals surface area contributed by atoms with Gasteiger partial charge in [-0.25, -0.2) is 13.4 Å². The maximum atomic E-state index is 11.8. The molecule has 0 N–H and O–H groups in total. The van der Waals surface area contributed by atoms with Crippen LogP contribution in [0, 0.1) is 0 Å². The Morgan fingerprint density at radius 3 is 2.65 bits per heavy atom. The largest absolute Gasteiger partial charge is 0.354 e. The Kier molecular flexibility index (Phi) is 4.72. The van der Waals surface area contributed by atoms with Crippen LogP contribution in [0.2, 0.25) is 0 Å². The lowest BCUT2D eigenvalue weighted by molar-refractivity contribution is 0.312. The molecule has 0 saturated carbocycles. The molecule has 0 amide bonds. The van der Waals surface area contributed by atoms with E-state index < -0.39 is 9.84 Å². The number of aromatic nitrogens is 2. The first kappa shape index (κ1) is 16.4. The number of likely N-dealkylation sites (N-methyl/N-ethyl adjacent to an activating group) is 1. The van der Waals surface area contributed by atoms with Crippen LogP contribution in [-0.2, 0) is 9.84 Å². The van der Waals surface area contributed by atoms with Gasteiger partial charge in [0.2, 0.25) is 5.95 Å². The smallest absolute Gasteiger partial charge is 0.227 e. The molecular formula is C15H25N5O2S. The molecular weight excluding hydrogens is 314 g/mol. The number of nitrogens with zero attached hydrogens (tertiary/aromatic N) is 5. The summed E-state index contributed by atoms with van der Waals surface area (Å²) in [7, 11) is -0.781. The molecule has 2 fully saturated rings. The fourth-order valence-corrected chi connectivity index (χ4v) is 5.00. The summed E-state index contributed by atoms with van der Waals surface area (Å²) in [6.07, 6.45) is 2.44. The van der Waals surface area contributed by atoms with Crippen molar-refractivity contribution in [1.29, 1.82) is 0 Å². The van der Waals surface area contributed by atoms with Gasteiger partial charge in [0, 0.05) is 45.0 Å². The molecule has 1 unspecified atom stereocenters. The highest BCUT2D eigenvalue weighted by atomic mass is 32.2. The molecule has 0 spiro atoms. The molecule has 3 heterocycles. The minimum absolute atomic E-state index is 0.00672. The predicted molar refractivity (Wildman–Crippen MR) is 91.8 cm³/mol. The van der Waals surface area contributed by atoms with Crippen LogP contribution in [0.3, 0.4) is 0 Å². The molecule has 1 atom stereocenters. The minimum Gasteiger partial charge on any atom is -0.354 e. The predicted octanol–water partition coefficient (Wildman–Crippen LogP) is 0.242. The highest BCUT2D eigenvalue weighted by molar-refractivity contribution is 7.91. The average Bonchev–Trinajstić information content (AvgIpc) is 2.89. The molecule has 1 aromatic rings. The molecule has 7 nitrogen and oxygen atoms in total. The van der Waals surface area contributed by atoms with Gasteiger partial charge in [0.1, 0.15) is 5.82 Å². The van der Waals surface area contributed by atoms with Crippen molar-refractivity contribution in [1.82, 2.24) is 14.9 Å². The summed E-state index contributed by atoms with van der Waals surface area (Å²) in [6.45, 7) is 6.70. The summed E-state index contributed by atoms with van der Waals surface area (Å²) in [5.41, 5.74) is 0. The molecule has 1 aromatic heterocycles. The zero-order chi connectivity index (χ0) is 16.4. The van der Waals surface area contributed by atoms with Crippen molar-refractivity contribution in [3.63, 3.8) is 0 Å². The minimum atomic E-state index is -2.91. The third-order valence-electron chi connectivity index (χ3n) is 4.70. The van der Waals surface area contributed by atoms with E-state index in [1.807, 2.05) is 17.9 Å². The van der Waals surface area contributed by atoms with E-state index in [4.69, 9.17) is 4.98 Å². The molecule has 23 heavy (non-hydrogen) atoms. The highest BCUT2D eigenvalue weighted by Crippen LogP contribution is 2.23. The summed E-state index contributed by atoms with van der Waals surface area (Å²) < 4.78 is 23.5. The van der Waals surface area contributed by atoms with Gasteiger partial charge in [-0.05, 0) is 26.5 Å². The molecule has 2 aliphatic rings. The van der Waals surface area contributed by atoms with Crippen LogP contribution in [0.25, 0.3) is 0 Å². The maximum Gasteiger partial charge on any atom is 0.227 e. The number of rotatable bonds is 4. The van der Waals surface area contributed by atoms with Crippen molar-refractivity contribution in [2.75, 3.05) is 61.1 Å². The number of piperazine rings is 1. The zero-order valence-electron chi connectivity index (χ0n) is 13.8. The second kappa shape index (κ2) is 6.60. The van der Waals surface area contributed by atoms with Crippen molar-refractivity contribution >= 4 is 21.6 Å². The van der Waals surface area contributed by atoms with Crippen LogP contribution < -0.4 is 9.80 Å². The quantitative estimate of drug-likeness (QED) is 0.778. The van der Waals surface area contributed by atoms with Gasteiger partial charge in [-0.15, -0.1) is 0 Å². The van der Waals surface area contributed by atoms with E-state index in [0.29, 0.717) is 18.9 Å². The topological polar surface area (TPSA) is 69.6 Å². The molecule has 2 saturated heterocycles. The van der Waals surface area contributed by atoms with Crippen molar-refractivity contribution in [3.8, 4) is 0 Å². The van der Waals surface area contributed by atoms with Gasteiger partial charge >= 0.3 is 0 Å². The van der Waals surface area contributed by atoms with Crippen LogP contribution in [0.15, 0.2) is 12.3 Å². The second-order valence-corrected chi connectivity index (χ2v) is 8.58. The van der Waals surface area contributed by atoms with Crippen molar-refractivity contribution in [3.05, 3.63) is 12.3 Å². The van der Waals surface area contributed by atoms with E-state index in [1.54, 1.807) is 6.20 Å². The van der Waals surface area contributed by atoms with E-state index >= 15 is 0 Å². The fraction of sp³-hybridized carbons (Fsp3) is 0.733. The first-order chi connectivity index (χ1) is 11.0. The Morgan fingerprint density at radius 1 is 1.30 bits per heavy atom. The summed E-state index contributed by atoms with van der Waals surface area (Å²) in [5.74, 6) is 2.06. The summed E-state index contributed by atoms with van der Waals surface area (Å²) in [5, 5.41) is 0. The fourth-order valence-electron chi connectivity index (χ4n) is 3.27. The van der Waals surface area contributed by atoms with Crippen LogP contribution in [-0.4, -0.2) is 80.6 Å². The third kappa shape index (κ3) is 3.74. The van der Waals surface area contributed by atoms with E-state index in [2.05, 4.69) is 21.8 Å². The Bertz CT molecular complexity index is 643. The SMILES string of the molecule is CCN(c1nccc(N2CCN(C)CC2)n1)C1CCS(=O)(=O)C1. The lowest BCUT2D eigenvalue weighted by atomic mass is 10.2. The van der Waals surface area contributed by atoms with Crippen LogP contribution >= 0.6 is 0 Å². The molecule has 0 radical (unpaired) electrons. The molecule has 3 rings (SSSR count). The maximum absolute atomic E-state index is 11.8. The van der Waals surface area contributed by atoms with Gasteiger partial charge in [0.15, 0.2) is 9.84 Å². The first-order valence-electron chi connectivity index (χ1n) is 8.22. The summed E-state index contributed by atoms with van der Waals surface area (Å²) in [6, 6.07) is 1.93. The van der Waals surface area contributed by atoms with Gasteiger partial charge in [-0.3, -0.25) is 0 Å². The van der Waals surface area contributed by atoms with Gasteiger partial charge < -0.3 is 14.7 Å². The Balaban J connectivity index is 1.78. The van der Waals surface area contributed by atoms with Crippen molar-refractivity contribution in [2.45, 2.75) is 19.4 Å². The molecule has 8 heteroatoms. The van der Waals surface area contributed by atoms with Gasteiger partial charge in [0.25, 0.3) is 0 Å². The summed E-state index contributed by atoms with van der Waals surface area (Å²) in [4.78, 5) is 15.7. The molecule has 0 aliphatic carbocycles. The standard InChI is InChI=1S/C15H25N5O2S/c1-3-20(13-5-11-23(21,22)12-13)15-16-6-4-14(17-15)19-9-7-18(2)8-10-19/h4,6,13H,3,5,7-12H2,1-2H3. The Hall–Kier alpha value is -1.41. The lowest BCUT2D eigenvalue weighted by Gasteiger charge is -2.34. The zero-order valence-corrected chi connectivity index (χ0v) is 14.7. The molecule has 0 aromatic carbocycles. The molecule has 128 valence electrons. The van der Waals surface area contributed by atoms with Gasteiger partial charge in [0.05, 0.1) is 11.5 Å². The second-order valence-electron chi connectivity index (χ2n) is 6.35. The lowest BCUT2D eigenvalue weighted by Crippen LogP contribution is -2.45. The van der Waals surface area contributed by atoms with Gasteiger partial charge in [-0.1, -0.05) is 0 Å². The number of hydrogen-bond acceptors (Lipinski definition) is 7. The van der Waals surface area contributed by atoms with Crippen molar-refractivity contribution < 1.29 is 8.42 Å². The van der Waals surface area contributed by atoms with E-state index in [-0.39, 0.29) is 17.5 Å². The Labute approximate surface area is 138 Å². The van der Waals surface area contributed by atoms with Crippen molar-refractivity contribution in [2.24, 2.45) is 0 Å². The summed E-state index contributed by atoms with van der Waals surface area (Å²) >= 11 is 0. The monoisotopic (exact) mass is 339 g/mol. The van der Waals surface area contributed by atoms with E-state index in [0.717, 1.165) is 32.0 Å². The molecule has 0 bridgehead atoms. The first-order valence-corrected chi connectivity index (χ1v) is 10.0. The number of anilines is 2. The van der Waals surface area contributed by atoms with Crippen LogP contribution in [0.4, 0.5) is 11.8 Å². The molecule has 2 aliphatic heterocycles. The Morgan fingerprint density at radius 2 is 2.04 bits per heavy atom.